The van der Waals surface area contributed by atoms with Gasteiger partial charge in [0, 0.05) is 32.1 Å². The Morgan fingerprint density at radius 1 is 1.19 bits per heavy atom. The van der Waals surface area contributed by atoms with Crippen molar-refractivity contribution >= 4 is 17.7 Å². The molecule has 1 heterocycles. The van der Waals surface area contributed by atoms with Gasteiger partial charge in [0.15, 0.2) is 17.5 Å². The highest BCUT2D eigenvalue weighted by atomic mass is 16.6. The third kappa shape index (κ3) is 2.87. The first-order valence-corrected chi connectivity index (χ1v) is 11.1. The third-order valence-corrected chi connectivity index (χ3v) is 8.46. The summed E-state index contributed by atoms with van der Waals surface area (Å²) in [5, 5.41) is 34.7. The van der Waals surface area contributed by atoms with Crippen LogP contribution in [0.2, 0.25) is 0 Å². The van der Waals surface area contributed by atoms with E-state index < -0.39 is 70.6 Å². The average molecular weight is 453 g/mol. The number of allylic oxidation sites excluding steroid dienone is 1. The lowest BCUT2D eigenvalue weighted by Gasteiger charge is -2.65. The molecule has 4 aliphatic rings. The van der Waals surface area contributed by atoms with Crippen molar-refractivity contribution in [3.8, 4) is 0 Å². The van der Waals surface area contributed by atoms with Crippen LogP contribution in [0.3, 0.4) is 0 Å². The fraction of sp³-hybridized carbons (Fsp3) is 0.783. The molecule has 0 aromatic rings. The minimum atomic E-state index is -1.69. The summed E-state index contributed by atoms with van der Waals surface area (Å²) < 4.78 is 16.8. The zero-order valence-electron chi connectivity index (χ0n) is 19.1. The molecule has 1 aliphatic heterocycles. The van der Waals surface area contributed by atoms with E-state index in [1.165, 1.54) is 20.8 Å². The van der Waals surface area contributed by atoms with Gasteiger partial charge in [0.2, 0.25) is 0 Å². The van der Waals surface area contributed by atoms with E-state index in [4.69, 9.17) is 14.2 Å². The summed E-state index contributed by atoms with van der Waals surface area (Å²) in [6.45, 7) is 7.36. The van der Waals surface area contributed by atoms with Gasteiger partial charge < -0.3 is 29.5 Å². The Labute approximate surface area is 186 Å². The lowest BCUT2D eigenvalue weighted by atomic mass is 9.47. The fourth-order valence-electron chi connectivity index (χ4n) is 6.66. The molecule has 3 aliphatic carbocycles. The van der Waals surface area contributed by atoms with Gasteiger partial charge in [-0.1, -0.05) is 12.5 Å². The summed E-state index contributed by atoms with van der Waals surface area (Å²) in [4.78, 5) is 38.2. The molecule has 3 N–H and O–H groups in total. The van der Waals surface area contributed by atoms with Crippen molar-refractivity contribution in [1.82, 2.24) is 0 Å². The molecule has 2 bridgehead atoms. The topological polar surface area (TPSA) is 140 Å². The van der Waals surface area contributed by atoms with Gasteiger partial charge in [-0.3, -0.25) is 14.4 Å². The number of Topliss-reactive ketones (excluding diaryl/α,β-unsaturated/α-hetero) is 1. The zero-order chi connectivity index (χ0) is 23.8. The summed E-state index contributed by atoms with van der Waals surface area (Å²) in [6, 6.07) is 0. The van der Waals surface area contributed by atoms with Crippen molar-refractivity contribution in [2.75, 3.05) is 6.61 Å². The van der Waals surface area contributed by atoms with Gasteiger partial charge >= 0.3 is 11.9 Å². The summed E-state index contributed by atoms with van der Waals surface area (Å²) in [5.74, 6) is -3.74. The van der Waals surface area contributed by atoms with Crippen LogP contribution in [-0.2, 0) is 28.6 Å². The number of ether oxygens (including phenoxy) is 3. The maximum absolute atomic E-state index is 14.1. The maximum Gasteiger partial charge on any atom is 0.303 e. The molecular formula is C23H32O9. The Morgan fingerprint density at radius 3 is 2.38 bits per heavy atom. The van der Waals surface area contributed by atoms with Crippen LogP contribution in [0.1, 0.15) is 53.9 Å². The largest absolute Gasteiger partial charge is 0.454 e. The molecular weight excluding hydrogens is 420 g/mol. The lowest BCUT2D eigenvalue weighted by Crippen LogP contribution is -2.80. The van der Waals surface area contributed by atoms with Crippen molar-refractivity contribution in [3.05, 3.63) is 11.1 Å². The van der Waals surface area contributed by atoms with E-state index >= 15 is 0 Å². The van der Waals surface area contributed by atoms with Crippen LogP contribution >= 0.6 is 0 Å². The number of hydrogen-bond donors (Lipinski definition) is 3. The second kappa shape index (κ2) is 7.35. The molecule has 4 rings (SSSR count). The fourth-order valence-corrected chi connectivity index (χ4v) is 6.66. The minimum Gasteiger partial charge on any atom is -0.454 e. The van der Waals surface area contributed by atoms with Gasteiger partial charge in [0.25, 0.3) is 0 Å². The molecule has 9 heteroatoms. The Morgan fingerprint density at radius 2 is 1.84 bits per heavy atom. The van der Waals surface area contributed by atoms with E-state index in [1.54, 1.807) is 6.92 Å². The molecule has 1 saturated heterocycles. The smallest absolute Gasteiger partial charge is 0.303 e. The first-order chi connectivity index (χ1) is 14.8. The van der Waals surface area contributed by atoms with Gasteiger partial charge in [-0.2, -0.15) is 0 Å². The second-order valence-electron chi connectivity index (χ2n) is 10.1. The quantitative estimate of drug-likeness (QED) is 0.402. The van der Waals surface area contributed by atoms with Crippen molar-refractivity contribution in [1.29, 1.82) is 0 Å². The normalized spacial score (nSPS) is 47.9. The van der Waals surface area contributed by atoms with Crippen molar-refractivity contribution in [2.45, 2.75) is 89.5 Å². The number of carbonyl (C=O) groups is 3. The molecule has 178 valence electrons. The van der Waals surface area contributed by atoms with Gasteiger partial charge in [-0.15, -0.1) is 0 Å². The van der Waals surface area contributed by atoms with Gasteiger partial charge in [-0.25, -0.2) is 0 Å². The molecule has 0 spiro atoms. The first kappa shape index (κ1) is 23.4. The molecule has 2 saturated carbocycles. The number of rotatable bonds is 2. The number of esters is 2. The Balaban J connectivity index is 1.98. The zero-order valence-corrected chi connectivity index (χ0v) is 19.1. The van der Waals surface area contributed by atoms with Crippen molar-refractivity contribution < 1.29 is 43.9 Å². The van der Waals surface area contributed by atoms with Gasteiger partial charge in [0.1, 0.15) is 6.10 Å². The van der Waals surface area contributed by atoms with Crippen LogP contribution in [0, 0.1) is 17.3 Å². The van der Waals surface area contributed by atoms with Crippen LogP contribution in [-0.4, -0.2) is 75.3 Å². The molecule has 0 radical (unpaired) electrons. The predicted octanol–water partition coefficient (Wildman–Crippen LogP) is 0.427. The molecule has 1 unspecified atom stereocenters. The van der Waals surface area contributed by atoms with Crippen LogP contribution in [0.4, 0.5) is 0 Å². The second-order valence-corrected chi connectivity index (χ2v) is 10.1. The predicted molar refractivity (Wildman–Crippen MR) is 109 cm³/mol. The van der Waals surface area contributed by atoms with E-state index in [-0.39, 0.29) is 19.4 Å². The Kier molecular flexibility index (Phi) is 5.36. The summed E-state index contributed by atoms with van der Waals surface area (Å²) in [7, 11) is 0. The molecule has 0 aromatic heterocycles. The third-order valence-electron chi connectivity index (χ3n) is 8.46. The molecule has 9 atom stereocenters. The highest BCUT2D eigenvalue weighted by molar-refractivity contribution is 5.94. The number of fused-ring (bicyclic) bond motifs is 5. The van der Waals surface area contributed by atoms with E-state index in [1.807, 2.05) is 6.92 Å². The molecule has 32 heavy (non-hydrogen) atoms. The van der Waals surface area contributed by atoms with Crippen molar-refractivity contribution in [3.63, 3.8) is 0 Å². The standard InChI is InChI=1S/C23H32O9/c1-10-6-7-22(29)11(2)16(10)17(31-12(3)24)19(27)21(5)14(26)8-15-23(9-30-15,32-13(4)25)18(21)20(22)28/h11,14-15,17-18,20,26,28-29H,6-9H2,1-5H3/t11-,14+,15-,17-,18-,20+,21?,22+,23+/m1/s1. The maximum atomic E-state index is 14.1. The van der Waals surface area contributed by atoms with Crippen LogP contribution in [0.5, 0.6) is 0 Å². The molecule has 3 fully saturated rings. The minimum absolute atomic E-state index is 0.00244. The summed E-state index contributed by atoms with van der Waals surface area (Å²) >= 11 is 0. The van der Waals surface area contributed by atoms with E-state index in [0.29, 0.717) is 12.0 Å². The number of aliphatic hydroxyl groups is 3. The van der Waals surface area contributed by atoms with Crippen LogP contribution in [0.25, 0.3) is 0 Å². The molecule has 0 amide bonds. The number of carbonyl (C=O) groups excluding carboxylic acids is 3. The highest BCUT2D eigenvalue weighted by Crippen LogP contribution is 2.60. The van der Waals surface area contributed by atoms with E-state index in [2.05, 4.69) is 0 Å². The molecule has 0 aromatic carbocycles. The number of ketones is 1. The SMILES string of the molecule is CC(=O)O[C@H]1C(=O)C2(C)[C@@H]([C@H](O)[C@]3(O)CCC(C)=C1[C@H]3C)[C@]1(OC(C)=O)CO[C@@H]1C[C@@H]2O. The van der Waals surface area contributed by atoms with Crippen LogP contribution in [0.15, 0.2) is 11.1 Å². The Bertz CT molecular complexity index is 896. The lowest BCUT2D eigenvalue weighted by molar-refractivity contribution is -0.342. The van der Waals surface area contributed by atoms with Crippen LogP contribution < -0.4 is 0 Å². The number of hydrogen-bond acceptors (Lipinski definition) is 9. The number of aliphatic hydroxyl groups excluding tert-OH is 2. The van der Waals surface area contributed by atoms with Crippen molar-refractivity contribution in [2.24, 2.45) is 17.3 Å². The van der Waals surface area contributed by atoms with E-state index in [0.717, 1.165) is 5.57 Å². The van der Waals surface area contributed by atoms with Gasteiger partial charge in [0.05, 0.1) is 29.8 Å². The Hall–Kier alpha value is -1.81. The first-order valence-electron chi connectivity index (χ1n) is 11.1. The monoisotopic (exact) mass is 452 g/mol. The summed E-state index contributed by atoms with van der Waals surface area (Å²) in [5.41, 5.74) is -3.49. The molecule has 9 nitrogen and oxygen atoms in total. The van der Waals surface area contributed by atoms with Gasteiger partial charge in [-0.05, 0) is 32.3 Å². The van der Waals surface area contributed by atoms with E-state index in [9.17, 15) is 29.7 Å². The summed E-state index contributed by atoms with van der Waals surface area (Å²) in [6.07, 6.45) is -4.24. The highest BCUT2D eigenvalue weighted by Gasteiger charge is 2.75. The average Bonchev–Trinajstić information content (AvgIpc) is 2.69.